The van der Waals surface area contributed by atoms with E-state index in [9.17, 15) is 0 Å². The van der Waals surface area contributed by atoms with Crippen molar-refractivity contribution in [3.63, 3.8) is 0 Å². The number of hydrogen-bond acceptors (Lipinski definition) is 2. The van der Waals surface area contributed by atoms with Crippen LogP contribution in [0.4, 0.5) is 0 Å². The molecule has 2 aromatic rings. The average Bonchev–Trinajstić information content (AvgIpc) is 2.47. The van der Waals surface area contributed by atoms with Gasteiger partial charge >= 0.3 is 0 Å². The van der Waals surface area contributed by atoms with Crippen molar-refractivity contribution in [3.05, 3.63) is 64.7 Å². The van der Waals surface area contributed by atoms with Crippen molar-refractivity contribution in [2.24, 2.45) is 5.73 Å². The summed E-state index contributed by atoms with van der Waals surface area (Å²) in [6.45, 7) is 1.40. The number of hydrogen-bond donors (Lipinski definition) is 1. The molecule has 0 bridgehead atoms. The first kappa shape index (κ1) is 14.9. The number of nitrogens with two attached hydrogens (primary N) is 1. The van der Waals surface area contributed by atoms with E-state index >= 15 is 0 Å². The Morgan fingerprint density at radius 3 is 2.55 bits per heavy atom. The summed E-state index contributed by atoms with van der Waals surface area (Å²) in [6.07, 6.45) is 2.79. The molecule has 0 unspecified atom stereocenters. The summed E-state index contributed by atoms with van der Waals surface area (Å²) in [5.74, 6) is 0.912. The summed E-state index contributed by atoms with van der Waals surface area (Å²) in [7, 11) is 0. The Morgan fingerprint density at radius 2 is 1.80 bits per heavy atom. The summed E-state index contributed by atoms with van der Waals surface area (Å²) in [5.41, 5.74) is 7.86. The molecule has 2 nitrogen and oxygen atoms in total. The highest BCUT2D eigenvalue weighted by molar-refractivity contribution is 6.30. The first-order chi connectivity index (χ1) is 9.79. The van der Waals surface area contributed by atoms with Gasteiger partial charge in [-0.2, -0.15) is 0 Å². The Balaban J connectivity index is 2.07. The van der Waals surface area contributed by atoms with Crippen LogP contribution in [0, 0.1) is 0 Å². The van der Waals surface area contributed by atoms with Crippen LogP contribution >= 0.6 is 11.6 Å². The lowest BCUT2D eigenvalue weighted by molar-refractivity contribution is 0.305. The predicted molar refractivity (Wildman–Crippen MR) is 84.5 cm³/mol. The predicted octanol–water partition coefficient (Wildman–Crippen LogP) is 4.05. The van der Waals surface area contributed by atoms with Gasteiger partial charge in [0.05, 0.1) is 6.61 Å². The molecule has 0 heterocycles. The topological polar surface area (TPSA) is 35.2 Å². The number of benzene rings is 2. The normalized spacial score (nSPS) is 10.5. The molecule has 106 valence electrons. The minimum Gasteiger partial charge on any atom is -0.493 e. The molecule has 3 heteroatoms. The summed E-state index contributed by atoms with van der Waals surface area (Å²) < 4.78 is 5.85. The van der Waals surface area contributed by atoms with E-state index in [0.717, 1.165) is 35.6 Å². The lowest BCUT2D eigenvalue weighted by atomic mass is 10.0. The molecule has 0 atom stereocenters. The molecule has 0 spiro atoms. The third-order valence-corrected chi connectivity index (χ3v) is 3.35. The lowest BCUT2D eigenvalue weighted by Gasteiger charge is -2.12. The molecule has 0 aromatic heterocycles. The van der Waals surface area contributed by atoms with E-state index < -0.39 is 0 Å². The molecule has 0 aliphatic carbocycles. The summed E-state index contributed by atoms with van der Waals surface area (Å²) in [5, 5.41) is 0.741. The van der Waals surface area contributed by atoms with Gasteiger partial charge in [-0.3, -0.25) is 0 Å². The molecule has 0 saturated heterocycles. The van der Waals surface area contributed by atoms with Crippen molar-refractivity contribution in [3.8, 4) is 5.75 Å². The molecule has 2 rings (SSSR count). The van der Waals surface area contributed by atoms with Gasteiger partial charge in [0.15, 0.2) is 0 Å². The van der Waals surface area contributed by atoms with E-state index in [0.29, 0.717) is 13.2 Å². The third-order valence-electron chi connectivity index (χ3n) is 3.12. The molecule has 0 aliphatic rings. The molecule has 2 aromatic carbocycles. The quantitative estimate of drug-likeness (QED) is 0.781. The minimum absolute atomic E-state index is 0.695. The fourth-order valence-electron chi connectivity index (χ4n) is 2.07. The third kappa shape index (κ3) is 4.55. The van der Waals surface area contributed by atoms with Crippen molar-refractivity contribution < 1.29 is 4.74 Å². The van der Waals surface area contributed by atoms with Crippen molar-refractivity contribution in [1.82, 2.24) is 0 Å². The monoisotopic (exact) mass is 289 g/mol. The van der Waals surface area contributed by atoms with Crippen LogP contribution in [0.5, 0.6) is 5.75 Å². The van der Waals surface area contributed by atoms with E-state index in [1.54, 1.807) is 0 Å². The van der Waals surface area contributed by atoms with Crippen LogP contribution in [0.2, 0.25) is 5.02 Å². The van der Waals surface area contributed by atoms with Crippen LogP contribution in [0.15, 0.2) is 48.5 Å². The van der Waals surface area contributed by atoms with Gasteiger partial charge in [0.25, 0.3) is 0 Å². The van der Waals surface area contributed by atoms with Gasteiger partial charge in [-0.15, -0.1) is 0 Å². The van der Waals surface area contributed by atoms with Gasteiger partial charge in [0.2, 0.25) is 0 Å². The fraction of sp³-hybridized carbons (Fsp3) is 0.294. The molecule has 20 heavy (non-hydrogen) atoms. The van der Waals surface area contributed by atoms with Crippen LogP contribution < -0.4 is 10.5 Å². The maximum absolute atomic E-state index is 6.09. The van der Waals surface area contributed by atoms with E-state index in [1.807, 2.05) is 36.4 Å². The highest BCUT2D eigenvalue weighted by Crippen LogP contribution is 2.25. The molecular weight excluding hydrogens is 270 g/mol. The molecule has 2 N–H and O–H groups in total. The Kier molecular flexibility index (Phi) is 5.90. The van der Waals surface area contributed by atoms with Gasteiger partial charge in [0, 0.05) is 11.4 Å². The second-order valence-electron chi connectivity index (χ2n) is 4.76. The fourth-order valence-corrected chi connectivity index (χ4v) is 2.27. The van der Waals surface area contributed by atoms with Gasteiger partial charge in [0.1, 0.15) is 5.75 Å². The zero-order valence-corrected chi connectivity index (χ0v) is 12.3. The zero-order valence-electron chi connectivity index (χ0n) is 11.5. The number of ether oxygens (including phenoxy) is 1. The van der Waals surface area contributed by atoms with Gasteiger partial charge < -0.3 is 10.5 Å². The van der Waals surface area contributed by atoms with Gasteiger partial charge in [-0.1, -0.05) is 41.9 Å². The SMILES string of the molecule is NCCCCOc1ccc(Cl)cc1Cc1ccccc1. The summed E-state index contributed by atoms with van der Waals surface area (Å²) in [6, 6.07) is 16.1. The summed E-state index contributed by atoms with van der Waals surface area (Å²) >= 11 is 6.09. The molecular formula is C17H20ClNO. The highest BCUT2D eigenvalue weighted by atomic mass is 35.5. The maximum atomic E-state index is 6.09. The second kappa shape index (κ2) is 7.93. The van der Waals surface area contributed by atoms with Crippen molar-refractivity contribution in [1.29, 1.82) is 0 Å². The van der Waals surface area contributed by atoms with Crippen molar-refractivity contribution >= 4 is 11.6 Å². The number of unbranched alkanes of at least 4 members (excludes halogenated alkanes) is 1. The van der Waals surface area contributed by atoms with E-state index in [1.165, 1.54) is 5.56 Å². The van der Waals surface area contributed by atoms with Gasteiger partial charge in [-0.05, 0) is 48.7 Å². The van der Waals surface area contributed by atoms with E-state index in [-0.39, 0.29) is 0 Å². The van der Waals surface area contributed by atoms with Crippen LogP contribution in [-0.4, -0.2) is 13.2 Å². The smallest absolute Gasteiger partial charge is 0.122 e. The van der Waals surface area contributed by atoms with Crippen molar-refractivity contribution in [2.45, 2.75) is 19.3 Å². The molecule has 0 radical (unpaired) electrons. The summed E-state index contributed by atoms with van der Waals surface area (Å²) in [4.78, 5) is 0. The number of rotatable bonds is 7. The Morgan fingerprint density at radius 1 is 1.00 bits per heavy atom. The Hall–Kier alpha value is -1.51. The lowest BCUT2D eigenvalue weighted by Crippen LogP contribution is -2.04. The van der Waals surface area contributed by atoms with Gasteiger partial charge in [-0.25, -0.2) is 0 Å². The minimum atomic E-state index is 0.695. The Bertz CT molecular complexity index is 528. The highest BCUT2D eigenvalue weighted by Gasteiger charge is 2.06. The average molecular weight is 290 g/mol. The van der Waals surface area contributed by atoms with Crippen LogP contribution in [0.25, 0.3) is 0 Å². The van der Waals surface area contributed by atoms with Crippen LogP contribution in [-0.2, 0) is 6.42 Å². The number of halogens is 1. The van der Waals surface area contributed by atoms with Crippen molar-refractivity contribution in [2.75, 3.05) is 13.2 Å². The molecule has 0 fully saturated rings. The standard InChI is InChI=1S/C17H20ClNO/c18-16-8-9-17(20-11-5-4-10-19)15(13-16)12-14-6-2-1-3-7-14/h1-3,6-9,13H,4-5,10-12,19H2. The van der Waals surface area contributed by atoms with E-state index in [2.05, 4.69) is 12.1 Å². The maximum Gasteiger partial charge on any atom is 0.122 e. The second-order valence-corrected chi connectivity index (χ2v) is 5.20. The van der Waals surface area contributed by atoms with Crippen LogP contribution in [0.3, 0.4) is 0 Å². The molecule has 0 amide bonds. The zero-order chi connectivity index (χ0) is 14.2. The molecule has 0 aliphatic heterocycles. The van der Waals surface area contributed by atoms with E-state index in [4.69, 9.17) is 22.1 Å². The first-order valence-electron chi connectivity index (χ1n) is 6.95. The largest absolute Gasteiger partial charge is 0.493 e. The molecule has 0 saturated carbocycles. The van der Waals surface area contributed by atoms with Crippen LogP contribution in [0.1, 0.15) is 24.0 Å². The Labute approximate surface area is 125 Å². The first-order valence-corrected chi connectivity index (χ1v) is 7.32.